The average molecular weight is 218 g/mol. The number of allylic oxidation sites excluding steroid dienone is 1. The Labute approximate surface area is 96.9 Å². The molecule has 0 atom stereocenters. The minimum atomic E-state index is 0.621. The maximum Gasteiger partial charge on any atom is 0.153 e. The Morgan fingerprint density at radius 2 is 2.25 bits per heavy atom. The molecule has 0 saturated carbocycles. The van der Waals surface area contributed by atoms with Gasteiger partial charge in [-0.25, -0.2) is 0 Å². The third-order valence-electron chi connectivity index (χ3n) is 2.36. The molecule has 0 aromatic heterocycles. The number of unbranched alkanes of at least 4 members (excludes halogenated alkanes) is 1. The minimum absolute atomic E-state index is 0.621. The van der Waals surface area contributed by atoms with E-state index >= 15 is 0 Å². The molecule has 2 nitrogen and oxygen atoms in total. The highest BCUT2D eigenvalue weighted by Crippen LogP contribution is 2.23. The Hall–Kier alpha value is -1.57. The van der Waals surface area contributed by atoms with E-state index in [4.69, 9.17) is 4.74 Å². The van der Waals surface area contributed by atoms with E-state index in [1.807, 2.05) is 18.2 Å². The highest BCUT2D eigenvalue weighted by Gasteiger charge is 2.07. The van der Waals surface area contributed by atoms with Gasteiger partial charge in [-0.2, -0.15) is 0 Å². The van der Waals surface area contributed by atoms with Gasteiger partial charge in [0.2, 0.25) is 0 Å². The van der Waals surface area contributed by atoms with E-state index in [2.05, 4.69) is 13.5 Å². The zero-order chi connectivity index (χ0) is 11.8. The molecule has 0 bridgehead atoms. The summed E-state index contributed by atoms with van der Waals surface area (Å²) in [6.07, 6.45) is 5.47. The van der Waals surface area contributed by atoms with Crippen molar-refractivity contribution >= 4 is 6.29 Å². The van der Waals surface area contributed by atoms with E-state index < -0.39 is 0 Å². The van der Waals surface area contributed by atoms with Gasteiger partial charge in [0.25, 0.3) is 0 Å². The lowest BCUT2D eigenvalue weighted by Gasteiger charge is -2.12. The van der Waals surface area contributed by atoms with Crippen LogP contribution in [-0.2, 0) is 6.42 Å². The van der Waals surface area contributed by atoms with E-state index in [1.54, 1.807) is 6.07 Å². The normalized spacial score (nSPS) is 9.81. The summed E-state index contributed by atoms with van der Waals surface area (Å²) in [6.45, 7) is 6.47. The molecule has 86 valence electrons. The topological polar surface area (TPSA) is 26.3 Å². The van der Waals surface area contributed by atoms with Crippen molar-refractivity contribution in [1.82, 2.24) is 0 Å². The first-order valence-electron chi connectivity index (χ1n) is 5.64. The van der Waals surface area contributed by atoms with Gasteiger partial charge in [0.15, 0.2) is 6.29 Å². The van der Waals surface area contributed by atoms with Gasteiger partial charge < -0.3 is 4.74 Å². The van der Waals surface area contributed by atoms with Crippen LogP contribution in [0.4, 0.5) is 0 Å². The molecule has 0 unspecified atom stereocenters. The summed E-state index contributed by atoms with van der Waals surface area (Å²) in [7, 11) is 0. The zero-order valence-electron chi connectivity index (χ0n) is 9.74. The van der Waals surface area contributed by atoms with Crippen molar-refractivity contribution in [2.45, 2.75) is 26.2 Å². The van der Waals surface area contributed by atoms with Gasteiger partial charge in [0, 0.05) is 0 Å². The highest BCUT2D eigenvalue weighted by molar-refractivity contribution is 5.80. The first kappa shape index (κ1) is 12.5. The van der Waals surface area contributed by atoms with Crippen LogP contribution in [0.15, 0.2) is 30.9 Å². The fraction of sp³-hybridized carbons (Fsp3) is 0.357. The Bertz CT molecular complexity index is 356. The fourth-order valence-corrected chi connectivity index (χ4v) is 1.51. The number of hydrogen-bond donors (Lipinski definition) is 0. The highest BCUT2D eigenvalue weighted by atomic mass is 16.5. The van der Waals surface area contributed by atoms with Crippen LogP contribution < -0.4 is 4.74 Å². The second kappa shape index (κ2) is 6.83. The number of hydrogen-bond acceptors (Lipinski definition) is 2. The lowest BCUT2D eigenvalue weighted by Crippen LogP contribution is -2.02. The minimum Gasteiger partial charge on any atom is -0.493 e. The predicted molar refractivity (Wildman–Crippen MR) is 66.1 cm³/mol. The number of benzene rings is 1. The summed E-state index contributed by atoms with van der Waals surface area (Å²) < 4.78 is 5.67. The SMILES string of the molecule is C=CCc1cccc(C=O)c1OCCCC. The summed E-state index contributed by atoms with van der Waals surface area (Å²) in [4.78, 5) is 10.9. The molecule has 1 aromatic carbocycles. The van der Waals surface area contributed by atoms with E-state index in [1.165, 1.54) is 0 Å². The lowest BCUT2D eigenvalue weighted by molar-refractivity contribution is 0.111. The van der Waals surface area contributed by atoms with Gasteiger partial charge in [-0.3, -0.25) is 4.79 Å². The largest absolute Gasteiger partial charge is 0.493 e. The van der Waals surface area contributed by atoms with Crippen LogP contribution in [0.1, 0.15) is 35.7 Å². The van der Waals surface area contributed by atoms with Crippen LogP contribution in [0.2, 0.25) is 0 Å². The van der Waals surface area contributed by atoms with Crippen molar-refractivity contribution in [2.24, 2.45) is 0 Å². The molecule has 0 amide bonds. The third kappa shape index (κ3) is 3.23. The Morgan fingerprint density at radius 1 is 1.44 bits per heavy atom. The average Bonchev–Trinajstić information content (AvgIpc) is 2.31. The van der Waals surface area contributed by atoms with Gasteiger partial charge in [0.05, 0.1) is 12.2 Å². The molecule has 0 N–H and O–H groups in total. The summed E-state index contributed by atoms with van der Waals surface area (Å²) in [5, 5.41) is 0. The van der Waals surface area contributed by atoms with Gasteiger partial charge in [-0.15, -0.1) is 6.58 Å². The van der Waals surface area contributed by atoms with Crippen LogP contribution in [0.5, 0.6) is 5.75 Å². The molecule has 16 heavy (non-hydrogen) atoms. The second-order valence-corrected chi connectivity index (χ2v) is 3.65. The number of para-hydroxylation sites is 1. The smallest absolute Gasteiger partial charge is 0.153 e. The first-order chi connectivity index (χ1) is 7.83. The maximum atomic E-state index is 10.9. The molecule has 0 aliphatic carbocycles. The molecule has 0 fully saturated rings. The number of carbonyl (C=O) groups excluding carboxylic acids is 1. The van der Waals surface area contributed by atoms with Crippen LogP contribution >= 0.6 is 0 Å². The number of carbonyl (C=O) groups is 1. The second-order valence-electron chi connectivity index (χ2n) is 3.65. The van der Waals surface area contributed by atoms with E-state index in [0.717, 1.165) is 31.1 Å². The van der Waals surface area contributed by atoms with Crippen molar-refractivity contribution in [3.63, 3.8) is 0 Å². The Morgan fingerprint density at radius 3 is 2.88 bits per heavy atom. The monoisotopic (exact) mass is 218 g/mol. The molecule has 0 saturated heterocycles. The van der Waals surface area contributed by atoms with E-state index in [-0.39, 0.29) is 0 Å². The summed E-state index contributed by atoms with van der Waals surface area (Å²) in [5.41, 5.74) is 1.64. The molecule has 0 aliphatic rings. The van der Waals surface area contributed by atoms with E-state index in [0.29, 0.717) is 17.9 Å². The predicted octanol–water partition coefficient (Wildman–Crippen LogP) is 3.41. The zero-order valence-corrected chi connectivity index (χ0v) is 9.74. The van der Waals surface area contributed by atoms with Gasteiger partial charge >= 0.3 is 0 Å². The first-order valence-corrected chi connectivity index (χ1v) is 5.64. The molecule has 0 heterocycles. The van der Waals surface area contributed by atoms with Gasteiger partial charge in [-0.1, -0.05) is 31.6 Å². The van der Waals surface area contributed by atoms with Crippen molar-refractivity contribution < 1.29 is 9.53 Å². The van der Waals surface area contributed by atoms with Crippen LogP contribution in [-0.4, -0.2) is 12.9 Å². The molecule has 1 aromatic rings. The third-order valence-corrected chi connectivity index (χ3v) is 2.36. The number of rotatable bonds is 7. The fourth-order valence-electron chi connectivity index (χ4n) is 1.51. The number of ether oxygens (including phenoxy) is 1. The maximum absolute atomic E-state index is 10.9. The van der Waals surface area contributed by atoms with Gasteiger partial charge in [0.1, 0.15) is 5.75 Å². The lowest BCUT2D eigenvalue weighted by atomic mass is 10.1. The molecule has 0 spiro atoms. The van der Waals surface area contributed by atoms with Gasteiger partial charge in [-0.05, 0) is 24.5 Å². The van der Waals surface area contributed by atoms with Crippen molar-refractivity contribution in [3.8, 4) is 5.75 Å². The van der Waals surface area contributed by atoms with Crippen LogP contribution in [0, 0.1) is 0 Å². The van der Waals surface area contributed by atoms with Crippen molar-refractivity contribution in [3.05, 3.63) is 42.0 Å². The summed E-state index contributed by atoms with van der Waals surface area (Å²) >= 11 is 0. The molecule has 1 rings (SSSR count). The Balaban J connectivity index is 2.89. The molecular weight excluding hydrogens is 200 g/mol. The molecule has 2 heteroatoms. The molecule has 0 aliphatic heterocycles. The Kier molecular flexibility index (Phi) is 5.34. The molecule has 0 radical (unpaired) electrons. The number of aldehydes is 1. The standard InChI is InChI=1S/C14H18O2/c1-3-5-10-16-14-12(7-4-2)8-6-9-13(14)11-15/h4,6,8-9,11H,2-3,5,7,10H2,1H3. The summed E-state index contributed by atoms with van der Waals surface area (Å²) in [6, 6.07) is 5.62. The summed E-state index contributed by atoms with van der Waals surface area (Å²) in [5.74, 6) is 0.714. The van der Waals surface area contributed by atoms with Crippen molar-refractivity contribution in [2.75, 3.05) is 6.61 Å². The van der Waals surface area contributed by atoms with Crippen molar-refractivity contribution in [1.29, 1.82) is 0 Å². The van der Waals surface area contributed by atoms with E-state index in [9.17, 15) is 4.79 Å². The van der Waals surface area contributed by atoms with Crippen LogP contribution in [0.3, 0.4) is 0 Å². The quantitative estimate of drug-likeness (QED) is 0.398. The van der Waals surface area contributed by atoms with Crippen LogP contribution in [0.25, 0.3) is 0 Å². The molecular formula is C14H18O2.